The molecule has 1 heterocycles. The maximum absolute atomic E-state index is 11.7. The van der Waals surface area contributed by atoms with Crippen LogP contribution in [0.1, 0.15) is 6.92 Å². The lowest BCUT2D eigenvalue weighted by molar-refractivity contribution is -0.119. The van der Waals surface area contributed by atoms with Gasteiger partial charge in [0, 0.05) is 10.6 Å². The normalized spacial score (nSPS) is 12.0. The van der Waals surface area contributed by atoms with Gasteiger partial charge in [-0.1, -0.05) is 35.0 Å². The standard InChI is InChI=1S/C12H12Cl2N6O2S/c1-5(10(21)17-11(15)22)23-12-19-18-9(20(12)16)7-3-2-6(13)4-8(7)14/h2-5H,16H2,1H3,(H3,15,17,21,22). The highest BCUT2D eigenvalue weighted by atomic mass is 35.5. The van der Waals surface area contributed by atoms with Crippen molar-refractivity contribution in [2.75, 3.05) is 5.84 Å². The molecule has 1 unspecified atom stereocenters. The molecule has 1 aromatic carbocycles. The summed E-state index contributed by atoms with van der Waals surface area (Å²) in [5, 5.41) is 10.3. The minimum atomic E-state index is -0.926. The molecule has 0 fully saturated rings. The molecule has 0 spiro atoms. The average Bonchev–Trinajstić information content (AvgIpc) is 2.79. The van der Waals surface area contributed by atoms with Gasteiger partial charge in [0.15, 0.2) is 5.82 Å². The quantitative estimate of drug-likeness (QED) is 0.550. The van der Waals surface area contributed by atoms with Gasteiger partial charge in [-0.25, -0.2) is 9.47 Å². The number of benzene rings is 1. The second-order valence-corrected chi connectivity index (χ2v) is 6.57. The molecule has 0 aliphatic carbocycles. The van der Waals surface area contributed by atoms with Crippen LogP contribution in [-0.4, -0.2) is 32.1 Å². The van der Waals surface area contributed by atoms with Gasteiger partial charge in [-0.05, 0) is 25.1 Å². The summed E-state index contributed by atoms with van der Waals surface area (Å²) in [6, 6.07) is 3.94. The zero-order chi connectivity index (χ0) is 17.1. The van der Waals surface area contributed by atoms with Gasteiger partial charge in [-0.15, -0.1) is 10.2 Å². The van der Waals surface area contributed by atoms with Crippen LogP contribution in [0.2, 0.25) is 10.0 Å². The Bertz CT molecular complexity index is 766. The van der Waals surface area contributed by atoms with E-state index >= 15 is 0 Å². The molecule has 0 aliphatic rings. The van der Waals surface area contributed by atoms with Gasteiger partial charge in [0.1, 0.15) is 0 Å². The van der Waals surface area contributed by atoms with Crippen LogP contribution in [0.5, 0.6) is 0 Å². The molecule has 0 aliphatic heterocycles. The van der Waals surface area contributed by atoms with E-state index in [1.165, 1.54) is 4.68 Å². The number of halogens is 2. The molecule has 5 N–H and O–H groups in total. The third kappa shape index (κ3) is 4.06. The number of primary amides is 1. The number of carbonyl (C=O) groups is 2. The summed E-state index contributed by atoms with van der Waals surface area (Å²) in [6.07, 6.45) is 0. The first-order valence-electron chi connectivity index (χ1n) is 6.22. The lowest BCUT2D eigenvalue weighted by Gasteiger charge is -2.09. The van der Waals surface area contributed by atoms with Crippen molar-refractivity contribution in [3.63, 3.8) is 0 Å². The zero-order valence-corrected chi connectivity index (χ0v) is 14.1. The summed E-state index contributed by atoms with van der Waals surface area (Å²) in [6.45, 7) is 1.58. The molecule has 0 bridgehead atoms. The van der Waals surface area contributed by atoms with Crippen molar-refractivity contribution in [2.45, 2.75) is 17.3 Å². The van der Waals surface area contributed by atoms with Crippen LogP contribution in [0.15, 0.2) is 23.4 Å². The number of rotatable bonds is 4. The van der Waals surface area contributed by atoms with Gasteiger partial charge < -0.3 is 11.6 Å². The molecule has 8 nitrogen and oxygen atoms in total. The molecule has 0 saturated heterocycles. The van der Waals surface area contributed by atoms with E-state index in [0.717, 1.165) is 11.8 Å². The Morgan fingerprint density at radius 2 is 2.04 bits per heavy atom. The van der Waals surface area contributed by atoms with E-state index in [2.05, 4.69) is 10.2 Å². The van der Waals surface area contributed by atoms with E-state index in [9.17, 15) is 9.59 Å². The van der Waals surface area contributed by atoms with Crippen molar-refractivity contribution in [1.29, 1.82) is 0 Å². The Morgan fingerprint density at radius 1 is 1.35 bits per heavy atom. The topological polar surface area (TPSA) is 129 Å². The van der Waals surface area contributed by atoms with Crippen LogP contribution in [0.25, 0.3) is 11.4 Å². The number of imide groups is 1. The average molecular weight is 375 g/mol. The minimum absolute atomic E-state index is 0.276. The number of urea groups is 1. The summed E-state index contributed by atoms with van der Waals surface area (Å²) in [5.41, 5.74) is 5.45. The fourth-order valence-electron chi connectivity index (χ4n) is 1.65. The number of nitrogens with two attached hydrogens (primary N) is 2. The number of hydrogen-bond acceptors (Lipinski definition) is 6. The van der Waals surface area contributed by atoms with E-state index in [0.29, 0.717) is 21.4 Å². The number of hydrogen-bond donors (Lipinski definition) is 3. The Morgan fingerprint density at radius 3 is 2.65 bits per heavy atom. The number of aromatic nitrogens is 3. The summed E-state index contributed by atoms with van der Waals surface area (Å²) < 4.78 is 1.20. The number of nitrogens with one attached hydrogen (secondary N) is 1. The number of carbonyl (C=O) groups excluding carboxylic acids is 2. The number of nitrogens with zero attached hydrogens (tertiary/aromatic N) is 3. The molecule has 2 rings (SSSR count). The van der Waals surface area contributed by atoms with Gasteiger partial charge in [0.2, 0.25) is 11.1 Å². The number of thioether (sulfide) groups is 1. The lowest BCUT2D eigenvalue weighted by Crippen LogP contribution is -2.39. The predicted octanol–water partition coefficient (Wildman–Crippen LogP) is 1.64. The first-order chi connectivity index (χ1) is 10.8. The first-order valence-corrected chi connectivity index (χ1v) is 7.86. The maximum Gasteiger partial charge on any atom is 0.318 e. The van der Waals surface area contributed by atoms with Gasteiger partial charge in [-0.3, -0.25) is 10.1 Å². The van der Waals surface area contributed by atoms with Crippen LogP contribution in [0.4, 0.5) is 4.79 Å². The second-order valence-electron chi connectivity index (χ2n) is 4.41. The fourth-order valence-corrected chi connectivity index (χ4v) is 2.91. The Hall–Kier alpha value is -1.97. The molecule has 2 aromatic rings. The van der Waals surface area contributed by atoms with Gasteiger partial charge in [-0.2, -0.15) is 0 Å². The van der Waals surface area contributed by atoms with Crippen molar-refractivity contribution in [3.8, 4) is 11.4 Å². The third-order valence-corrected chi connectivity index (χ3v) is 4.34. The van der Waals surface area contributed by atoms with Crippen LogP contribution in [0, 0.1) is 0 Å². The van der Waals surface area contributed by atoms with Crippen LogP contribution < -0.4 is 16.9 Å². The highest BCUT2D eigenvalue weighted by Gasteiger charge is 2.21. The maximum atomic E-state index is 11.7. The van der Waals surface area contributed by atoms with E-state index < -0.39 is 17.2 Å². The van der Waals surface area contributed by atoms with Crippen molar-refractivity contribution < 1.29 is 9.59 Å². The summed E-state index contributed by atoms with van der Waals surface area (Å²) in [5.74, 6) is 5.71. The van der Waals surface area contributed by atoms with Crippen molar-refractivity contribution in [2.24, 2.45) is 5.73 Å². The fraction of sp³-hybridized carbons (Fsp3) is 0.167. The monoisotopic (exact) mass is 374 g/mol. The van der Waals surface area contributed by atoms with E-state index in [-0.39, 0.29) is 5.16 Å². The SMILES string of the molecule is CC(Sc1nnc(-c2ccc(Cl)cc2Cl)n1N)C(=O)NC(N)=O. The summed E-state index contributed by atoms with van der Waals surface area (Å²) in [7, 11) is 0. The van der Waals surface area contributed by atoms with Crippen molar-refractivity contribution >= 4 is 46.9 Å². The molecular formula is C12H12Cl2N6O2S. The van der Waals surface area contributed by atoms with Gasteiger partial charge in [0.05, 0.1) is 10.3 Å². The van der Waals surface area contributed by atoms with Gasteiger partial charge >= 0.3 is 6.03 Å². The smallest absolute Gasteiger partial charge is 0.318 e. The molecule has 0 saturated carbocycles. The Kier molecular flexibility index (Phi) is 5.34. The molecule has 1 atom stereocenters. The minimum Gasteiger partial charge on any atom is -0.351 e. The molecule has 0 radical (unpaired) electrons. The Balaban J connectivity index is 2.22. The molecule has 11 heteroatoms. The lowest BCUT2D eigenvalue weighted by atomic mass is 10.2. The third-order valence-electron chi connectivity index (χ3n) is 2.73. The van der Waals surface area contributed by atoms with E-state index in [1.54, 1.807) is 25.1 Å². The van der Waals surface area contributed by atoms with Crippen LogP contribution >= 0.6 is 35.0 Å². The molecule has 3 amide bonds. The van der Waals surface area contributed by atoms with Crippen LogP contribution in [-0.2, 0) is 4.79 Å². The van der Waals surface area contributed by atoms with E-state index in [1.807, 2.05) is 5.32 Å². The molecule has 122 valence electrons. The van der Waals surface area contributed by atoms with Gasteiger partial charge in [0.25, 0.3) is 0 Å². The van der Waals surface area contributed by atoms with Crippen molar-refractivity contribution in [1.82, 2.24) is 20.2 Å². The molecule has 1 aromatic heterocycles. The largest absolute Gasteiger partial charge is 0.351 e. The van der Waals surface area contributed by atoms with Crippen LogP contribution in [0.3, 0.4) is 0 Å². The second kappa shape index (κ2) is 7.07. The van der Waals surface area contributed by atoms with E-state index in [4.69, 9.17) is 34.8 Å². The number of amides is 3. The molecular weight excluding hydrogens is 363 g/mol. The van der Waals surface area contributed by atoms with Crippen molar-refractivity contribution in [3.05, 3.63) is 28.2 Å². The summed E-state index contributed by atoms with van der Waals surface area (Å²) in [4.78, 5) is 22.4. The Labute approximate surface area is 145 Å². The zero-order valence-electron chi connectivity index (χ0n) is 11.8. The molecule has 23 heavy (non-hydrogen) atoms. The highest BCUT2D eigenvalue weighted by molar-refractivity contribution is 8.00. The predicted molar refractivity (Wildman–Crippen MR) is 88.7 cm³/mol. The summed E-state index contributed by atoms with van der Waals surface area (Å²) >= 11 is 13.0. The highest BCUT2D eigenvalue weighted by Crippen LogP contribution is 2.30. The number of nitrogen functional groups attached to an aromatic ring is 1. The first kappa shape index (κ1) is 17.4.